The van der Waals surface area contributed by atoms with E-state index in [0.717, 1.165) is 57.8 Å². The number of esters is 2. The lowest BCUT2D eigenvalue weighted by Crippen LogP contribution is -2.30. The van der Waals surface area contributed by atoms with Gasteiger partial charge in [0.05, 0.1) is 6.61 Å². The number of carbonyl (C=O) groups is 2. The van der Waals surface area contributed by atoms with Crippen LogP contribution in [0, 0.1) is 0 Å². The number of carbonyl (C=O) groups excluding carboxylic acids is 2. The minimum atomic E-state index is -0.536. The highest BCUT2D eigenvalue weighted by Gasteiger charge is 2.17. The van der Waals surface area contributed by atoms with E-state index < -0.39 is 6.10 Å². The Hall–Kier alpha value is -1.88. The number of rotatable bonds is 57. The van der Waals surface area contributed by atoms with Crippen LogP contribution in [0.5, 0.6) is 0 Å². The van der Waals surface area contributed by atoms with Crippen molar-refractivity contribution in [2.45, 2.75) is 335 Å². The lowest BCUT2D eigenvalue weighted by Gasteiger charge is -2.18. The van der Waals surface area contributed by atoms with Gasteiger partial charge < -0.3 is 14.2 Å². The van der Waals surface area contributed by atoms with E-state index in [0.29, 0.717) is 26.1 Å². The van der Waals surface area contributed by atoms with Gasteiger partial charge in [-0.05, 0) is 57.8 Å². The van der Waals surface area contributed by atoms with E-state index in [1.54, 1.807) is 0 Å². The molecule has 0 aliphatic rings. The second-order valence-electron chi connectivity index (χ2n) is 20.6. The zero-order valence-electron chi connectivity index (χ0n) is 46.1. The average molecular weight is 956 g/mol. The van der Waals surface area contributed by atoms with Gasteiger partial charge in [-0.25, -0.2) is 0 Å². The SMILES string of the molecule is CCCCC/C=C\C/C=C\C/C=C\CCCCCCCCC(=O)OCC(COCCCCCCCCCCCCCCCCCC)OC(=O)CCCCCCCCCCCCCCCCCCC. The third-order valence-corrected chi connectivity index (χ3v) is 13.7. The summed E-state index contributed by atoms with van der Waals surface area (Å²) in [7, 11) is 0. The van der Waals surface area contributed by atoms with Gasteiger partial charge in [-0.3, -0.25) is 9.59 Å². The van der Waals surface area contributed by atoms with Crippen molar-refractivity contribution in [3.8, 4) is 0 Å². The maximum atomic E-state index is 12.9. The summed E-state index contributed by atoms with van der Waals surface area (Å²) in [4.78, 5) is 25.6. The maximum Gasteiger partial charge on any atom is 0.306 e. The molecule has 1 unspecified atom stereocenters. The van der Waals surface area contributed by atoms with Crippen LogP contribution in [0.4, 0.5) is 0 Å². The van der Waals surface area contributed by atoms with E-state index >= 15 is 0 Å². The van der Waals surface area contributed by atoms with Crippen LogP contribution in [-0.4, -0.2) is 37.9 Å². The molecule has 0 fully saturated rings. The Bertz CT molecular complexity index is 1080. The van der Waals surface area contributed by atoms with Gasteiger partial charge >= 0.3 is 11.9 Å². The molecule has 0 rings (SSSR count). The molecule has 0 radical (unpaired) electrons. The van der Waals surface area contributed by atoms with Crippen molar-refractivity contribution in [1.29, 1.82) is 0 Å². The molecule has 400 valence electrons. The molecule has 0 aromatic heterocycles. The molecule has 0 amide bonds. The van der Waals surface area contributed by atoms with E-state index in [1.165, 1.54) is 238 Å². The van der Waals surface area contributed by atoms with Crippen LogP contribution >= 0.6 is 0 Å². The highest BCUT2D eigenvalue weighted by atomic mass is 16.6. The summed E-state index contributed by atoms with van der Waals surface area (Å²) in [6.45, 7) is 7.87. The minimum Gasteiger partial charge on any atom is -0.462 e. The molecule has 0 saturated heterocycles. The average Bonchev–Trinajstić information content (AvgIpc) is 3.34. The van der Waals surface area contributed by atoms with Crippen LogP contribution in [-0.2, 0) is 23.8 Å². The van der Waals surface area contributed by atoms with Crippen molar-refractivity contribution in [1.82, 2.24) is 0 Å². The van der Waals surface area contributed by atoms with Crippen LogP contribution < -0.4 is 0 Å². The molecule has 0 aliphatic carbocycles. The normalized spacial score (nSPS) is 12.3. The second kappa shape index (κ2) is 59.4. The van der Waals surface area contributed by atoms with Crippen LogP contribution in [0.15, 0.2) is 36.5 Å². The third-order valence-electron chi connectivity index (χ3n) is 13.7. The third kappa shape index (κ3) is 56.7. The van der Waals surface area contributed by atoms with Crippen LogP contribution in [0.1, 0.15) is 329 Å². The Balaban J connectivity index is 4.25. The molecule has 5 nitrogen and oxygen atoms in total. The summed E-state index contributed by atoms with van der Waals surface area (Å²) in [5.41, 5.74) is 0. The first-order valence-electron chi connectivity index (χ1n) is 30.5. The summed E-state index contributed by atoms with van der Waals surface area (Å²) in [5, 5.41) is 0. The van der Waals surface area contributed by atoms with E-state index in [-0.39, 0.29) is 18.5 Å². The van der Waals surface area contributed by atoms with Crippen LogP contribution in [0.2, 0.25) is 0 Å². The number of hydrogen-bond acceptors (Lipinski definition) is 5. The summed E-state index contributed by atoms with van der Waals surface area (Å²) in [6.07, 6.45) is 73.1. The summed E-state index contributed by atoms with van der Waals surface area (Å²) >= 11 is 0. The van der Waals surface area contributed by atoms with Crippen molar-refractivity contribution in [3.05, 3.63) is 36.5 Å². The van der Waals surface area contributed by atoms with Crippen molar-refractivity contribution in [2.24, 2.45) is 0 Å². The monoisotopic (exact) mass is 955 g/mol. The molecule has 68 heavy (non-hydrogen) atoms. The van der Waals surface area contributed by atoms with E-state index in [4.69, 9.17) is 14.2 Å². The largest absolute Gasteiger partial charge is 0.462 e. The van der Waals surface area contributed by atoms with Crippen molar-refractivity contribution < 1.29 is 23.8 Å². The van der Waals surface area contributed by atoms with Gasteiger partial charge in [0.15, 0.2) is 6.10 Å². The molecule has 0 N–H and O–H groups in total. The number of allylic oxidation sites excluding steroid dienone is 6. The van der Waals surface area contributed by atoms with Crippen molar-refractivity contribution in [3.63, 3.8) is 0 Å². The highest BCUT2D eigenvalue weighted by molar-refractivity contribution is 5.70. The highest BCUT2D eigenvalue weighted by Crippen LogP contribution is 2.17. The summed E-state index contributed by atoms with van der Waals surface area (Å²) < 4.78 is 17.5. The predicted molar refractivity (Wildman–Crippen MR) is 298 cm³/mol. The predicted octanol–water partition coefficient (Wildman–Crippen LogP) is 20.9. The fourth-order valence-electron chi connectivity index (χ4n) is 9.11. The van der Waals surface area contributed by atoms with Crippen LogP contribution in [0.3, 0.4) is 0 Å². The van der Waals surface area contributed by atoms with Crippen molar-refractivity contribution >= 4 is 11.9 Å². The second-order valence-corrected chi connectivity index (χ2v) is 20.6. The zero-order chi connectivity index (χ0) is 49.2. The van der Waals surface area contributed by atoms with Crippen molar-refractivity contribution in [2.75, 3.05) is 19.8 Å². The standard InChI is InChI=1S/C63H118O5/c1-4-7-10-13-16-19-22-25-28-31-32-34-35-38-41-44-47-50-53-56-62(64)67-60-61(59-66-58-55-52-49-46-43-40-37-30-27-24-21-18-15-12-9-6-3)68-63(65)57-54-51-48-45-42-39-36-33-29-26-23-20-17-14-11-8-5-2/h16,19,25,28,32,34,61H,4-15,17-18,20-24,26-27,29-31,33,35-60H2,1-3H3/b19-16-,28-25-,34-32-. The summed E-state index contributed by atoms with van der Waals surface area (Å²) in [5.74, 6) is -0.388. The van der Waals surface area contributed by atoms with Gasteiger partial charge in [-0.2, -0.15) is 0 Å². The first-order chi connectivity index (χ1) is 33.6. The van der Waals surface area contributed by atoms with E-state index in [2.05, 4.69) is 57.2 Å². The van der Waals surface area contributed by atoms with E-state index in [1.807, 2.05) is 0 Å². The quantitative estimate of drug-likeness (QED) is 0.0345. The van der Waals surface area contributed by atoms with Gasteiger partial charge in [0.25, 0.3) is 0 Å². The molecule has 0 spiro atoms. The number of hydrogen-bond donors (Lipinski definition) is 0. The molecule has 0 saturated carbocycles. The number of unbranched alkanes of at least 4 members (excludes halogenated alkanes) is 40. The Labute approximate surface area is 425 Å². The molecule has 0 bridgehead atoms. The molecular weight excluding hydrogens is 837 g/mol. The van der Waals surface area contributed by atoms with Gasteiger partial charge in [0.2, 0.25) is 0 Å². The Morgan fingerprint density at radius 2 is 0.618 bits per heavy atom. The molecule has 5 heteroatoms. The first-order valence-corrected chi connectivity index (χ1v) is 30.5. The lowest BCUT2D eigenvalue weighted by atomic mass is 10.0. The molecule has 0 aromatic rings. The fraction of sp³-hybridized carbons (Fsp3) is 0.873. The topological polar surface area (TPSA) is 61.8 Å². The van der Waals surface area contributed by atoms with Gasteiger partial charge in [-0.15, -0.1) is 0 Å². The van der Waals surface area contributed by atoms with Gasteiger partial charge in [0, 0.05) is 19.4 Å². The molecule has 0 aromatic carbocycles. The molecule has 0 aliphatic heterocycles. The van der Waals surface area contributed by atoms with Gasteiger partial charge in [-0.1, -0.05) is 295 Å². The maximum absolute atomic E-state index is 12.9. The Morgan fingerprint density at radius 3 is 1.01 bits per heavy atom. The fourth-order valence-corrected chi connectivity index (χ4v) is 9.11. The summed E-state index contributed by atoms with van der Waals surface area (Å²) in [6, 6.07) is 0. The molecule has 1 atom stereocenters. The Kier molecular flexibility index (Phi) is 57.8. The lowest BCUT2D eigenvalue weighted by molar-refractivity contribution is -0.163. The molecular formula is C63H118O5. The number of ether oxygens (including phenoxy) is 3. The zero-order valence-corrected chi connectivity index (χ0v) is 46.1. The Morgan fingerprint density at radius 1 is 0.324 bits per heavy atom. The van der Waals surface area contributed by atoms with Crippen LogP contribution in [0.25, 0.3) is 0 Å². The van der Waals surface area contributed by atoms with Gasteiger partial charge in [0.1, 0.15) is 6.61 Å². The van der Waals surface area contributed by atoms with E-state index in [9.17, 15) is 9.59 Å². The smallest absolute Gasteiger partial charge is 0.306 e. The first kappa shape index (κ1) is 66.1. The minimum absolute atomic E-state index is 0.0854. The molecule has 0 heterocycles.